The first-order chi connectivity index (χ1) is 12.4. The molecule has 2 aromatic rings. The smallest absolute Gasteiger partial charge is 0.870 e. The van der Waals surface area contributed by atoms with Crippen LogP contribution in [0.2, 0.25) is 0 Å². The van der Waals surface area contributed by atoms with Crippen LogP contribution in [-0.4, -0.2) is 13.0 Å². The number of benzene rings is 2. The van der Waals surface area contributed by atoms with Crippen LogP contribution in [0, 0.1) is 0 Å². The fraction of sp³-hybridized carbons (Fsp3) is 0.400. The van der Waals surface area contributed by atoms with Gasteiger partial charge in [-0.3, -0.25) is 4.55 Å². The van der Waals surface area contributed by atoms with Gasteiger partial charge in [-0.2, -0.15) is 8.42 Å². The SMILES string of the molecule is CCCCCCCCc1cc([O-])c(Oc2ccccc2)c(S(=O)(=O)O)c1.[K+]. The molecular formula is C20H25KO5S. The summed E-state index contributed by atoms with van der Waals surface area (Å²) in [4.78, 5) is -0.477. The Morgan fingerprint density at radius 2 is 1.63 bits per heavy atom. The molecule has 0 aliphatic carbocycles. The zero-order chi connectivity index (χ0) is 19.0. The maximum atomic E-state index is 12.4. The predicted molar refractivity (Wildman–Crippen MR) is 99.3 cm³/mol. The topological polar surface area (TPSA) is 86.7 Å². The average Bonchev–Trinajstić information content (AvgIpc) is 2.60. The Morgan fingerprint density at radius 1 is 1.00 bits per heavy atom. The van der Waals surface area contributed by atoms with Gasteiger partial charge in [0, 0.05) is 0 Å². The summed E-state index contributed by atoms with van der Waals surface area (Å²) in [5, 5.41) is 12.4. The van der Waals surface area contributed by atoms with Crippen LogP contribution in [0.15, 0.2) is 47.4 Å². The number of para-hydroxylation sites is 1. The van der Waals surface area contributed by atoms with Crippen molar-refractivity contribution in [2.45, 2.75) is 56.8 Å². The minimum atomic E-state index is -4.57. The maximum Gasteiger partial charge on any atom is 1.00 e. The molecule has 0 fully saturated rings. The van der Waals surface area contributed by atoms with E-state index in [9.17, 15) is 18.1 Å². The van der Waals surface area contributed by atoms with Crippen molar-refractivity contribution in [3.8, 4) is 17.2 Å². The van der Waals surface area contributed by atoms with Crippen LogP contribution in [0.25, 0.3) is 0 Å². The van der Waals surface area contributed by atoms with Gasteiger partial charge in [-0.15, -0.1) is 0 Å². The number of hydrogen-bond donors (Lipinski definition) is 1. The molecular weight excluding hydrogens is 391 g/mol. The third kappa shape index (κ3) is 8.23. The number of unbranched alkanes of at least 4 members (excludes halogenated alkanes) is 5. The van der Waals surface area contributed by atoms with Crippen molar-refractivity contribution in [3.05, 3.63) is 48.0 Å². The van der Waals surface area contributed by atoms with Crippen molar-refractivity contribution < 1.29 is 74.2 Å². The summed E-state index contributed by atoms with van der Waals surface area (Å²) in [7, 11) is -4.57. The molecule has 27 heavy (non-hydrogen) atoms. The van der Waals surface area contributed by atoms with Crippen molar-refractivity contribution >= 4 is 10.1 Å². The number of rotatable bonds is 10. The quantitative estimate of drug-likeness (QED) is 0.362. The van der Waals surface area contributed by atoms with Crippen LogP contribution < -0.4 is 61.2 Å². The molecule has 0 saturated carbocycles. The molecule has 0 amide bonds. The van der Waals surface area contributed by atoms with E-state index < -0.39 is 20.8 Å². The summed E-state index contributed by atoms with van der Waals surface area (Å²) in [6.45, 7) is 2.16. The third-order valence-corrected chi connectivity index (χ3v) is 5.00. The fourth-order valence-corrected chi connectivity index (χ4v) is 3.46. The van der Waals surface area contributed by atoms with Gasteiger partial charge >= 0.3 is 51.4 Å². The second kappa shape index (κ2) is 12.2. The van der Waals surface area contributed by atoms with Gasteiger partial charge in [0.2, 0.25) is 0 Å². The number of hydrogen-bond acceptors (Lipinski definition) is 4. The van der Waals surface area contributed by atoms with E-state index in [1.54, 1.807) is 30.3 Å². The Hall–Kier alpha value is -0.414. The zero-order valence-corrected chi connectivity index (χ0v) is 19.9. The van der Waals surface area contributed by atoms with E-state index in [1.807, 2.05) is 0 Å². The Bertz CT molecular complexity index is 807. The first-order valence-corrected chi connectivity index (χ1v) is 10.4. The van der Waals surface area contributed by atoms with Gasteiger partial charge in [0.15, 0.2) is 0 Å². The minimum absolute atomic E-state index is 0. The van der Waals surface area contributed by atoms with Gasteiger partial charge in [-0.1, -0.05) is 69.0 Å². The Kier molecular flexibility index (Phi) is 11.1. The summed E-state index contributed by atoms with van der Waals surface area (Å²) in [6, 6.07) is 11.1. The Morgan fingerprint density at radius 3 is 2.26 bits per heavy atom. The molecule has 0 radical (unpaired) electrons. The number of aryl methyl sites for hydroxylation is 1. The Balaban J connectivity index is 0.00000364. The van der Waals surface area contributed by atoms with Gasteiger partial charge in [0.25, 0.3) is 10.1 Å². The summed E-state index contributed by atoms with van der Waals surface area (Å²) < 4.78 is 38.4. The molecule has 5 nitrogen and oxygen atoms in total. The van der Waals surface area contributed by atoms with E-state index in [2.05, 4.69) is 6.92 Å². The predicted octanol–water partition coefficient (Wildman–Crippen LogP) is 1.71. The molecule has 0 spiro atoms. The summed E-state index contributed by atoms with van der Waals surface area (Å²) in [5.41, 5.74) is 0.596. The normalized spacial score (nSPS) is 11.0. The van der Waals surface area contributed by atoms with Gasteiger partial charge < -0.3 is 9.84 Å². The fourth-order valence-electron chi connectivity index (χ4n) is 2.78. The van der Waals surface area contributed by atoms with Gasteiger partial charge in [0.1, 0.15) is 16.4 Å². The molecule has 0 aromatic heterocycles. The molecule has 0 unspecified atom stereocenters. The molecule has 0 bridgehead atoms. The van der Waals surface area contributed by atoms with Gasteiger partial charge in [-0.25, -0.2) is 0 Å². The van der Waals surface area contributed by atoms with E-state index in [4.69, 9.17) is 4.74 Å². The van der Waals surface area contributed by atoms with Crippen molar-refractivity contribution in [3.63, 3.8) is 0 Å². The largest absolute Gasteiger partial charge is 1.00 e. The third-order valence-electron chi connectivity index (χ3n) is 4.14. The second-order valence-electron chi connectivity index (χ2n) is 6.33. The first kappa shape index (κ1) is 24.6. The van der Waals surface area contributed by atoms with Gasteiger partial charge in [0.05, 0.1) is 0 Å². The summed E-state index contributed by atoms with van der Waals surface area (Å²) in [5.74, 6) is -0.589. The molecule has 0 atom stereocenters. The van der Waals surface area contributed by atoms with Crippen molar-refractivity contribution in [2.24, 2.45) is 0 Å². The minimum Gasteiger partial charge on any atom is -0.870 e. The molecule has 1 N–H and O–H groups in total. The standard InChI is InChI=1S/C20H26O5S.K/c1-2-3-4-5-6-8-11-16-14-18(21)20(19(15-16)26(22,23)24)25-17-12-9-7-10-13-17;/h7,9-10,12-15,21H,2-6,8,11H2,1H3,(H,22,23,24);/q;+1/p-1. The average molecular weight is 417 g/mol. The van der Waals surface area contributed by atoms with Gasteiger partial charge in [-0.05, 0) is 36.6 Å². The monoisotopic (exact) mass is 416 g/mol. The molecule has 0 aliphatic heterocycles. The van der Waals surface area contributed by atoms with Crippen LogP contribution in [0.5, 0.6) is 17.2 Å². The van der Waals surface area contributed by atoms with E-state index in [0.29, 0.717) is 17.7 Å². The molecule has 0 aliphatic rings. The van der Waals surface area contributed by atoms with Crippen LogP contribution in [-0.2, 0) is 16.5 Å². The molecule has 2 rings (SSSR count). The Labute approximate surface area is 204 Å². The second-order valence-corrected chi connectivity index (χ2v) is 7.72. The van der Waals surface area contributed by atoms with Crippen molar-refractivity contribution in [1.82, 2.24) is 0 Å². The molecule has 7 heteroatoms. The molecule has 142 valence electrons. The molecule has 0 saturated heterocycles. The summed E-state index contributed by atoms with van der Waals surface area (Å²) >= 11 is 0. The van der Waals surface area contributed by atoms with E-state index in [1.165, 1.54) is 31.4 Å². The van der Waals surface area contributed by atoms with Crippen LogP contribution in [0.3, 0.4) is 0 Å². The first-order valence-electron chi connectivity index (χ1n) is 8.96. The summed E-state index contributed by atoms with van der Waals surface area (Å²) in [6.07, 6.45) is 7.19. The number of ether oxygens (including phenoxy) is 1. The van der Waals surface area contributed by atoms with E-state index in [-0.39, 0.29) is 57.1 Å². The molecule has 2 aromatic carbocycles. The van der Waals surface area contributed by atoms with Crippen molar-refractivity contribution in [2.75, 3.05) is 0 Å². The molecule has 0 heterocycles. The van der Waals surface area contributed by atoms with Crippen molar-refractivity contribution in [1.29, 1.82) is 0 Å². The zero-order valence-electron chi connectivity index (χ0n) is 16.0. The van der Waals surface area contributed by atoms with E-state index >= 15 is 0 Å². The van der Waals surface area contributed by atoms with Crippen LogP contribution in [0.1, 0.15) is 51.0 Å². The van der Waals surface area contributed by atoms with E-state index in [0.717, 1.165) is 19.3 Å². The van der Waals surface area contributed by atoms with Crippen LogP contribution in [0.4, 0.5) is 0 Å². The van der Waals surface area contributed by atoms with Crippen LogP contribution >= 0.6 is 0 Å². The maximum absolute atomic E-state index is 12.4.